The number of rotatable bonds is 4. The molecule has 0 unspecified atom stereocenters. The van der Waals surface area contributed by atoms with Gasteiger partial charge in [0.05, 0.1) is 10.5 Å². The second kappa shape index (κ2) is 7.89. The first-order valence-electron chi connectivity index (χ1n) is 8.98. The molecule has 4 rings (SSSR count). The number of halogens is 2. The first kappa shape index (κ1) is 19.5. The predicted molar refractivity (Wildman–Crippen MR) is 113 cm³/mol. The molecule has 1 saturated heterocycles. The van der Waals surface area contributed by atoms with Gasteiger partial charge in [-0.3, -0.25) is 0 Å². The van der Waals surface area contributed by atoms with E-state index in [4.69, 9.17) is 16.0 Å². The minimum absolute atomic E-state index is 0.0533. The van der Waals surface area contributed by atoms with E-state index in [0.717, 1.165) is 36.8 Å². The van der Waals surface area contributed by atoms with Crippen molar-refractivity contribution in [2.24, 2.45) is 0 Å². The lowest BCUT2D eigenvalue weighted by Crippen LogP contribution is -2.30. The fraction of sp³-hybridized carbons (Fsp3) is 0.250. The molecule has 1 fully saturated rings. The third-order valence-electron chi connectivity index (χ3n) is 4.71. The summed E-state index contributed by atoms with van der Waals surface area (Å²) in [5.41, 5.74) is 0.707. The van der Waals surface area contributed by atoms with E-state index in [2.05, 4.69) is 20.9 Å². The molecule has 0 amide bonds. The lowest BCUT2D eigenvalue weighted by Gasteiger charge is -2.26. The lowest BCUT2D eigenvalue weighted by atomic mass is 10.1. The van der Waals surface area contributed by atoms with Crippen molar-refractivity contribution in [3.05, 3.63) is 58.0 Å². The van der Waals surface area contributed by atoms with Gasteiger partial charge < -0.3 is 9.32 Å². The number of nitrogens with zero attached hydrogens (tertiary/aromatic N) is 2. The van der Waals surface area contributed by atoms with Gasteiger partial charge in [0.2, 0.25) is 26.6 Å². The van der Waals surface area contributed by atoms with Crippen molar-refractivity contribution in [2.45, 2.75) is 29.2 Å². The molecule has 8 heteroatoms. The summed E-state index contributed by atoms with van der Waals surface area (Å²) in [5.74, 6) is 0.584. The Morgan fingerprint density at radius 2 is 1.68 bits per heavy atom. The molecular formula is C20H18BrClN2O3S. The van der Waals surface area contributed by atoms with Crippen LogP contribution in [0.2, 0.25) is 5.02 Å². The van der Waals surface area contributed by atoms with Crippen LogP contribution in [0.25, 0.3) is 11.5 Å². The molecule has 3 aromatic rings. The van der Waals surface area contributed by atoms with Gasteiger partial charge in [-0.05, 0) is 71.6 Å². The maximum absolute atomic E-state index is 13.3. The zero-order valence-corrected chi connectivity index (χ0v) is 18.1. The third kappa shape index (κ3) is 3.71. The molecule has 0 bridgehead atoms. The molecule has 0 saturated carbocycles. The van der Waals surface area contributed by atoms with Crippen LogP contribution in [-0.4, -0.2) is 26.5 Å². The second-order valence-electron chi connectivity index (χ2n) is 6.61. The van der Waals surface area contributed by atoms with E-state index < -0.39 is 9.84 Å². The topological polar surface area (TPSA) is 63.4 Å². The molecular weight excluding hydrogens is 464 g/mol. The predicted octanol–water partition coefficient (Wildman–Crippen LogP) is 5.58. The summed E-state index contributed by atoms with van der Waals surface area (Å²) < 4.78 is 33.5. The van der Waals surface area contributed by atoms with Crippen molar-refractivity contribution < 1.29 is 12.8 Å². The molecule has 5 nitrogen and oxygen atoms in total. The number of aromatic nitrogens is 1. The van der Waals surface area contributed by atoms with Crippen LogP contribution >= 0.6 is 27.5 Å². The summed E-state index contributed by atoms with van der Waals surface area (Å²) in [7, 11) is -3.86. The first-order chi connectivity index (χ1) is 13.5. The Morgan fingerprint density at radius 1 is 1.00 bits per heavy atom. The molecule has 2 heterocycles. The second-order valence-corrected chi connectivity index (χ2v) is 9.77. The van der Waals surface area contributed by atoms with E-state index in [9.17, 15) is 8.42 Å². The van der Waals surface area contributed by atoms with Crippen LogP contribution in [0.4, 0.5) is 5.88 Å². The fourth-order valence-electron chi connectivity index (χ4n) is 3.25. The summed E-state index contributed by atoms with van der Waals surface area (Å²) in [4.78, 5) is 6.54. The van der Waals surface area contributed by atoms with Crippen molar-refractivity contribution >= 4 is 43.3 Å². The van der Waals surface area contributed by atoms with Gasteiger partial charge in [-0.15, -0.1) is 0 Å². The molecule has 28 heavy (non-hydrogen) atoms. The summed E-state index contributed by atoms with van der Waals surface area (Å²) in [6.45, 7) is 1.49. The Kier molecular flexibility index (Phi) is 5.49. The van der Waals surface area contributed by atoms with E-state index in [1.165, 1.54) is 12.1 Å². The molecule has 146 valence electrons. The largest absolute Gasteiger partial charge is 0.419 e. The molecule has 0 radical (unpaired) electrons. The standard InChI is InChI=1S/C20H18BrClN2O3S/c21-17-7-3-2-6-16(17)18-23-19(20(27-18)24-12-4-1-5-13-24)28(25,26)15-10-8-14(22)9-11-15/h2-3,6-11H,1,4-5,12-13H2. The van der Waals surface area contributed by atoms with Crippen molar-refractivity contribution in [3.63, 3.8) is 0 Å². The Labute approximate surface area is 177 Å². The van der Waals surface area contributed by atoms with Gasteiger partial charge in [-0.2, -0.15) is 4.98 Å². The van der Waals surface area contributed by atoms with Crippen LogP contribution < -0.4 is 4.90 Å². The van der Waals surface area contributed by atoms with Crippen LogP contribution in [0, 0.1) is 0 Å². The number of benzene rings is 2. The van der Waals surface area contributed by atoms with Gasteiger partial charge in [0, 0.05) is 22.6 Å². The van der Waals surface area contributed by atoms with Crippen LogP contribution in [0.15, 0.2) is 67.3 Å². The molecule has 1 aliphatic rings. The van der Waals surface area contributed by atoms with E-state index >= 15 is 0 Å². The first-order valence-corrected chi connectivity index (χ1v) is 11.6. The highest BCUT2D eigenvalue weighted by molar-refractivity contribution is 9.10. The summed E-state index contributed by atoms with van der Waals surface area (Å²) in [6.07, 6.45) is 3.11. The molecule has 0 atom stereocenters. The third-order valence-corrected chi connectivity index (χ3v) is 7.32. The fourth-order valence-corrected chi connectivity index (χ4v) is 5.15. The highest BCUT2D eigenvalue weighted by Gasteiger charge is 2.32. The van der Waals surface area contributed by atoms with Crippen LogP contribution in [0.5, 0.6) is 0 Å². The average Bonchev–Trinajstić information content (AvgIpc) is 3.15. The van der Waals surface area contributed by atoms with Crippen LogP contribution in [0.3, 0.4) is 0 Å². The number of hydrogen-bond donors (Lipinski definition) is 0. The Hall–Kier alpha value is -1.83. The number of piperidine rings is 1. The Bertz CT molecular complexity index is 1090. The molecule has 0 spiro atoms. The number of anilines is 1. The molecule has 2 aromatic carbocycles. The Morgan fingerprint density at radius 3 is 2.36 bits per heavy atom. The van der Waals surface area contributed by atoms with Crippen molar-refractivity contribution in [3.8, 4) is 11.5 Å². The summed E-state index contributed by atoms with van der Waals surface area (Å²) >= 11 is 9.41. The smallest absolute Gasteiger partial charge is 0.236 e. The zero-order chi connectivity index (χ0) is 19.7. The van der Waals surface area contributed by atoms with Gasteiger partial charge in [0.25, 0.3) is 0 Å². The molecule has 0 aliphatic carbocycles. The Balaban J connectivity index is 1.87. The molecule has 1 aliphatic heterocycles. The summed E-state index contributed by atoms with van der Waals surface area (Å²) in [6, 6.07) is 13.6. The number of hydrogen-bond acceptors (Lipinski definition) is 5. The van der Waals surface area contributed by atoms with Crippen LogP contribution in [0.1, 0.15) is 19.3 Å². The molecule has 0 N–H and O–H groups in total. The number of sulfone groups is 1. The highest BCUT2D eigenvalue weighted by atomic mass is 79.9. The quantitative estimate of drug-likeness (QED) is 0.487. The lowest BCUT2D eigenvalue weighted by molar-refractivity contribution is 0.499. The normalized spacial score (nSPS) is 15.0. The maximum Gasteiger partial charge on any atom is 0.236 e. The van der Waals surface area contributed by atoms with E-state index in [0.29, 0.717) is 16.5 Å². The van der Waals surface area contributed by atoms with Gasteiger partial charge in [0.1, 0.15) is 0 Å². The minimum atomic E-state index is -3.86. The monoisotopic (exact) mass is 480 g/mol. The molecule has 1 aromatic heterocycles. The van der Waals surface area contributed by atoms with Crippen molar-refractivity contribution in [1.29, 1.82) is 0 Å². The van der Waals surface area contributed by atoms with E-state index in [-0.39, 0.29) is 15.8 Å². The van der Waals surface area contributed by atoms with Gasteiger partial charge >= 0.3 is 0 Å². The van der Waals surface area contributed by atoms with Crippen molar-refractivity contribution in [2.75, 3.05) is 18.0 Å². The van der Waals surface area contributed by atoms with Crippen LogP contribution in [-0.2, 0) is 9.84 Å². The van der Waals surface area contributed by atoms with Gasteiger partial charge in [-0.25, -0.2) is 8.42 Å². The zero-order valence-electron chi connectivity index (χ0n) is 14.9. The average molecular weight is 482 g/mol. The van der Waals surface area contributed by atoms with E-state index in [1.54, 1.807) is 12.1 Å². The maximum atomic E-state index is 13.3. The SMILES string of the molecule is O=S(=O)(c1ccc(Cl)cc1)c1nc(-c2ccccc2Br)oc1N1CCCCC1. The van der Waals surface area contributed by atoms with Gasteiger partial charge in [0.15, 0.2) is 0 Å². The number of oxazole rings is 1. The highest BCUT2D eigenvalue weighted by Crippen LogP contribution is 2.37. The van der Waals surface area contributed by atoms with E-state index in [1.807, 2.05) is 29.2 Å². The minimum Gasteiger partial charge on any atom is -0.419 e. The summed E-state index contributed by atoms with van der Waals surface area (Å²) in [5, 5.41) is 0.423. The van der Waals surface area contributed by atoms with Crippen molar-refractivity contribution in [1.82, 2.24) is 4.98 Å². The van der Waals surface area contributed by atoms with Gasteiger partial charge in [-0.1, -0.05) is 23.7 Å².